The van der Waals surface area contributed by atoms with Crippen molar-refractivity contribution in [2.75, 3.05) is 25.1 Å². The highest BCUT2D eigenvalue weighted by Crippen LogP contribution is 2.36. The zero-order valence-corrected chi connectivity index (χ0v) is 23.7. The molecule has 0 radical (unpaired) electrons. The number of ether oxygens (including phenoxy) is 1. The van der Waals surface area contributed by atoms with Gasteiger partial charge in [0.2, 0.25) is 0 Å². The summed E-state index contributed by atoms with van der Waals surface area (Å²) in [6.07, 6.45) is 2.90. The van der Waals surface area contributed by atoms with Crippen molar-refractivity contribution in [2.45, 2.75) is 45.5 Å². The molecule has 0 aromatic heterocycles. The van der Waals surface area contributed by atoms with Gasteiger partial charge in [-0.25, -0.2) is 18.7 Å². The lowest BCUT2D eigenvalue weighted by Gasteiger charge is -2.36. The fraction of sp³-hybridized carbons (Fsp3) is 0.417. The van der Waals surface area contributed by atoms with E-state index in [0.29, 0.717) is 0 Å². The first-order valence-corrected chi connectivity index (χ1v) is 16.3. The molecule has 35 heavy (non-hydrogen) atoms. The van der Waals surface area contributed by atoms with Crippen molar-refractivity contribution in [1.29, 1.82) is 0 Å². The summed E-state index contributed by atoms with van der Waals surface area (Å²) in [7, 11) is -1.99. The second-order valence-corrected chi connectivity index (χ2v) is 16.1. The summed E-state index contributed by atoms with van der Waals surface area (Å²) >= 11 is -0.586. The highest BCUT2D eigenvalue weighted by molar-refractivity contribution is 14.2. The standard InChI is InChI=1S/C24H32F3IN2O4Si/c1-7-10-32-15-16-13-17(23(31)30-33-11-12-34-35(5,6)24(2,3)4)22(21(27)20(16)26)29-19-8-9-28-14-18(19)25/h7-9,13-14,29H,1,10-12,15H2,2-6H3,(H,30,31). The molecule has 1 aliphatic heterocycles. The van der Waals surface area contributed by atoms with E-state index in [2.05, 4.69) is 51.2 Å². The molecule has 2 rings (SSSR count). The molecule has 1 aromatic rings. The summed E-state index contributed by atoms with van der Waals surface area (Å²) in [4.78, 5) is 18.1. The van der Waals surface area contributed by atoms with Gasteiger partial charge in [-0.15, -0.1) is 6.58 Å². The van der Waals surface area contributed by atoms with Gasteiger partial charge in [0.1, 0.15) is 0 Å². The lowest BCUT2D eigenvalue weighted by atomic mass is 10.1. The van der Waals surface area contributed by atoms with Gasteiger partial charge in [0, 0.05) is 9.58 Å². The van der Waals surface area contributed by atoms with Gasteiger partial charge in [-0.2, -0.15) is 0 Å². The van der Waals surface area contributed by atoms with Crippen LogP contribution in [-0.2, 0) is 20.6 Å². The first-order valence-electron chi connectivity index (χ1n) is 10.9. The molecule has 1 aliphatic rings. The van der Waals surface area contributed by atoms with Crippen LogP contribution < -0.4 is 10.8 Å². The lowest BCUT2D eigenvalue weighted by molar-refractivity contribution is 0.0184. The van der Waals surface area contributed by atoms with Crippen LogP contribution in [0.2, 0.25) is 18.1 Å². The largest absolute Gasteiger partial charge is 0.414 e. The first kappa shape index (κ1) is 29.4. The maximum atomic E-state index is 15.0. The first-order chi connectivity index (χ1) is 16.4. The lowest BCUT2D eigenvalue weighted by Crippen LogP contribution is -2.41. The van der Waals surface area contributed by atoms with Gasteiger partial charge in [0.05, 0.1) is 43.4 Å². The molecule has 0 atom stereocenters. The monoisotopic (exact) mass is 624 g/mol. The SMILES string of the molecule is C=CCOCc1cc(C(=O)NOCCO[Si](C)(C)C(C)(C)C)c(NC2=C(F)C=IC=C2)c(F)c1F. The summed E-state index contributed by atoms with van der Waals surface area (Å²) in [5, 5.41) is 2.54. The molecule has 0 unspecified atom stereocenters. The predicted octanol–water partition coefficient (Wildman–Crippen LogP) is 6.24. The Kier molecular flexibility index (Phi) is 10.9. The van der Waals surface area contributed by atoms with Crippen molar-refractivity contribution in [2.24, 2.45) is 0 Å². The minimum absolute atomic E-state index is 0.0173. The van der Waals surface area contributed by atoms with Crippen LogP contribution in [0, 0.1) is 11.6 Å². The third-order valence-electron chi connectivity index (χ3n) is 5.62. The van der Waals surface area contributed by atoms with Crippen molar-refractivity contribution < 1.29 is 32.0 Å². The zero-order chi connectivity index (χ0) is 26.2. The summed E-state index contributed by atoms with van der Waals surface area (Å²) < 4.78 is 58.3. The van der Waals surface area contributed by atoms with Crippen LogP contribution in [0.15, 0.2) is 40.4 Å². The second kappa shape index (κ2) is 12.9. The number of hydroxylamine groups is 1. The maximum absolute atomic E-state index is 15.0. The topological polar surface area (TPSA) is 68.8 Å². The highest BCUT2D eigenvalue weighted by atomic mass is 127. The molecule has 0 bridgehead atoms. The van der Waals surface area contributed by atoms with Gasteiger partial charge in [0.15, 0.2) is 25.8 Å². The predicted molar refractivity (Wildman–Crippen MR) is 144 cm³/mol. The van der Waals surface area contributed by atoms with Crippen molar-refractivity contribution in [3.05, 3.63) is 63.2 Å². The van der Waals surface area contributed by atoms with Gasteiger partial charge in [-0.3, -0.25) is 9.63 Å². The van der Waals surface area contributed by atoms with Crippen LogP contribution in [0.5, 0.6) is 0 Å². The van der Waals surface area contributed by atoms with Crippen molar-refractivity contribution >= 4 is 44.7 Å². The molecule has 0 saturated carbocycles. The Hall–Kier alpha value is -1.80. The second-order valence-electron chi connectivity index (χ2n) is 9.19. The van der Waals surface area contributed by atoms with Crippen molar-refractivity contribution in [1.82, 2.24) is 5.48 Å². The van der Waals surface area contributed by atoms with Crippen LogP contribution in [0.4, 0.5) is 18.9 Å². The Morgan fingerprint density at radius 1 is 1.20 bits per heavy atom. The van der Waals surface area contributed by atoms with Crippen LogP contribution in [0.25, 0.3) is 0 Å². The third kappa shape index (κ3) is 8.10. The fourth-order valence-electron chi connectivity index (χ4n) is 2.63. The van der Waals surface area contributed by atoms with Gasteiger partial charge >= 0.3 is 0 Å². The van der Waals surface area contributed by atoms with E-state index in [9.17, 15) is 13.6 Å². The minimum atomic E-state index is -1.99. The Morgan fingerprint density at radius 2 is 1.91 bits per heavy atom. The molecule has 0 spiro atoms. The minimum Gasteiger partial charge on any atom is -0.414 e. The summed E-state index contributed by atoms with van der Waals surface area (Å²) in [6.45, 7) is 14.1. The average molecular weight is 625 g/mol. The highest BCUT2D eigenvalue weighted by Gasteiger charge is 2.36. The molecule has 0 saturated heterocycles. The van der Waals surface area contributed by atoms with Crippen LogP contribution in [-0.4, -0.2) is 38.1 Å². The Bertz CT molecular complexity index is 1040. The molecular formula is C24H32F3IN2O4Si. The number of halogens is 4. The molecule has 0 fully saturated rings. The van der Waals surface area contributed by atoms with E-state index in [1.807, 2.05) is 0 Å². The number of carbonyl (C=O) groups excluding carboxylic acids is 1. The summed E-state index contributed by atoms with van der Waals surface area (Å²) in [5.41, 5.74) is 1.23. The Balaban J connectivity index is 2.21. The number of carbonyl (C=O) groups is 1. The van der Waals surface area contributed by atoms with E-state index >= 15 is 4.39 Å². The molecule has 1 heterocycles. The van der Waals surface area contributed by atoms with E-state index < -0.39 is 58.1 Å². The number of benzene rings is 1. The number of hydrogen-bond donors (Lipinski definition) is 2. The third-order valence-corrected chi connectivity index (χ3v) is 11.8. The molecule has 2 N–H and O–H groups in total. The normalized spacial score (nSPS) is 14.1. The molecule has 1 amide bonds. The molecule has 1 aromatic carbocycles. The van der Waals surface area contributed by atoms with E-state index in [1.54, 1.807) is 4.08 Å². The smallest absolute Gasteiger partial charge is 0.277 e. The summed E-state index contributed by atoms with van der Waals surface area (Å²) in [6, 6.07) is 1.15. The number of rotatable bonds is 12. The zero-order valence-electron chi connectivity index (χ0n) is 20.6. The number of hydrogen-bond acceptors (Lipinski definition) is 5. The van der Waals surface area contributed by atoms with Gasteiger partial charge < -0.3 is 14.5 Å². The van der Waals surface area contributed by atoms with Crippen molar-refractivity contribution in [3.8, 4) is 0 Å². The van der Waals surface area contributed by atoms with E-state index in [4.69, 9.17) is 14.0 Å². The maximum Gasteiger partial charge on any atom is 0.277 e. The number of anilines is 1. The Morgan fingerprint density at radius 3 is 2.54 bits per heavy atom. The number of allylic oxidation sites excluding steroid dienone is 2. The molecule has 0 aliphatic carbocycles. The molecule has 6 nitrogen and oxygen atoms in total. The van der Waals surface area contributed by atoms with Crippen molar-refractivity contribution in [3.63, 3.8) is 0 Å². The number of nitrogens with one attached hydrogen (secondary N) is 2. The van der Waals surface area contributed by atoms with Crippen LogP contribution >= 0.6 is 20.7 Å². The quantitative estimate of drug-likeness (QED) is 0.0948. The van der Waals surface area contributed by atoms with E-state index in [0.717, 1.165) is 6.07 Å². The molecule has 11 heteroatoms. The van der Waals surface area contributed by atoms with E-state index in [-0.39, 0.29) is 48.3 Å². The van der Waals surface area contributed by atoms with Gasteiger partial charge in [0.25, 0.3) is 5.91 Å². The van der Waals surface area contributed by atoms with Crippen LogP contribution in [0.3, 0.4) is 0 Å². The van der Waals surface area contributed by atoms with Crippen LogP contribution in [0.1, 0.15) is 36.7 Å². The van der Waals surface area contributed by atoms with Gasteiger partial charge in [-0.1, -0.05) is 47.6 Å². The summed E-state index contributed by atoms with van der Waals surface area (Å²) in [5.74, 6) is -3.95. The van der Waals surface area contributed by atoms with E-state index in [1.165, 1.54) is 16.2 Å². The fourth-order valence-corrected chi connectivity index (χ4v) is 5.08. The Labute approximate surface area is 215 Å². The number of amides is 1. The molecular weight excluding hydrogens is 592 g/mol. The molecule has 194 valence electrons. The average Bonchev–Trinajstić information content (AvgIpc) is 2.78. The van der Waals surface area contributed by atoms with Gasteiger partial charge in [-0.05, 0) is 34.4 Å².